The summed E-state index contributed by atoms with van der Waals surface area (Å²) < 4.78 is 0. The number of aryl methyl sites for hydroxylation is 2. The number of urea groups is 1. The van der Waals surface area contributed by atoms with Crippen molar-refractivity contribution in [3.05, 3.63) is 23.5 Å². The van der Waals surface area contributed by atoms with Crippen LogP contribution in [0.15, 0.2) is 12.3 Å². The summed E-state index contributed by atoms with van der Waals surface area (Å²) in [7, 11) is 0. The highest BCUT2D eigenvalue weighted by Gasteiger charge is 2.07. The molecule has 0 aliphatic heterocycles. The van der Waals surface area contributed by atoms with E-state index in [1.165, 1.54) is 0 Å². The first-order valence-corrected chi connectivity index (χ1v) is 5.69. The van der Waals surface area contributed by atoms with Crippen molar-refractivity contribution in [2.45, 2.75) is 26.7 Å². The van der Waals surface area contributed by atoms with Gasteiger partial charge in [0.25, 0.3) is 0 Å². The fraction of sp³-hybridized carbons (Fsp3) is 0.417. The first kappa shape index (κ1) is 14.0. The molecule has 0 atom stereocenters. The first-order valence-electron chi connectivity index (χ1n) is 5.69. The molecule has 0 aliphatic rings. The van der Waals surface area contributed by atoms with Crippen molar-refractivity contribution in [1.82, 2.24) is 10.3 Å². The molecule has 0 aliphatic carbocycles. The third-order valence-corrected chi connectivity index (χ3v) is 2.44. The van der Waals surface area contributed by atoms with Crippen molar-refractivity contribution in [2.75, 3.05) is 11.9 Å². The molecule has 6 nitrogen and oxygen atoms in total. The molecule has 18 heavy (non-hydrogen) atoms. The molecule has 98 valence electrons. The number of hydrogen-bond acceptors (Lipinski definition) is 3. The smallest absolute Gasteiger partial charge is 0.319 e. The second-order valence-corrected chi connectivity index (χ2v) is 3.97. The number of rotatable bonds is 5. The number of pyridine rings is 1. The normalized spacial score (nSPS) is 9.89. The maximum atomic E-state index is 11.6. The molecule has 0 radical (unpaired) electrons. The van der Waals surface area contributed by atoms with Gasteiger partial charge in [0, 0.05) is 19.2 Å². The van der Waals surface area contributed by atoms with Crippen LogP contribution in [0.2, 0.25) is 0 Å². The van der Waals surface area contributed by atoms with E-state index in [-0.39, 0.29) is 12.5 Å². The van der Waals surface area contributed by atoms with Gasteiger partial charge in [-0.1, -0.05) is 0 Å². The van der Waals surface area contributed by atoms with Crippen molar-refractivity contribution in [3.63, 3.8) is 0 Å². The zero-order chi connectivity index (χ0) is 13.5. The van der Waals surface area contributed by atoms with Crippen molar-refractivity contribution < 1.29 is 14.7 Å². The number of amides is 2. The van der Waals surface area contributed by atoms with Crippen molar-refractivity contribution >= 4 is 17.7 Å². The highest BCUT2D eigenvalue weighted by atomic mass is 16.4. The Morgan fingerprint density at radius 1 is 1.39 bits per heavy atom. The largest absolute Gasteiger partial charge is 0.481 e. The third-order valence-electron chi connectivity index (χ3n) is 2.44. The second-order valence-electron chi connectivity index (χ2n) is 3.97. The van der Waals surface area contributed by atoms with Gasteiger partial charge < -0.3 is 15.7 Å². The molecule has 0 unspecified atom stereocenters. The summed E-state index contributed by atoms with van der Waals surface area (Å²) >= 11 is 0. The van der Waals surface area contributed by atoms with E-state index in [2.05, 4.69) is 15.6 Å². The van der Waals surface area contributed by atoms with E-state index in [1.54, 1.807) is 6.20 Å². The van der Waals surface area contributed by atoms with Crippen molar-refractivity contribution in [2.24, 2.45) is 0 Å². The number of hydrogen-bond donors (Lipinski definition) is 3. The van der Waals surface area contributed by atoms with Crippen LogP contribution in [-0.2, 0) is 4.79 Å². The standard InChI is InChI=1S/C12H17N3O3/c1-8-5-7-13-9(2)11(8)15-12(18)14-6-3-4-10(16)17/h5,7H,3-4,6H2,1-2H3,(H,16,17)(H2,14,15,18). The van der Waals surface area contributed by atoms with Crippen LogP contribution in [0, 0.1) is 13.8 Å². The SMILES string of the molecule is Cc1ccnc(C)c1NC(=O)NCCCC(=O)O. The molecule has 0 saturated heterocycles. The fourth-order valence-corrected chi connectivity index (χ4v) is 1.48. The van der Waals surface area contributed by atoms with Gasteiger partial charge in [-0.05, 0) is 31.9 Å². The first-order chi connectivity index (χ1) is 8.50. The van der Waals surface area contributed by atoms with Gasteiger partial charge in [-0.2, -0.15) is 0 Å². The highest BCUT2D eigenvalue weighted by molar-refractivity contribution is 5.90. The van der Waals surface area contributed by atoms with E-state index in [0.29, 0.717) is 18.7 Å². The average molecular weight is 251 g/mol. The van der Waals surface area contributed by atoms with Crippen molar-refractivity contribution in [1.29, 1.82) is 0 Å². The molecule has 1 aromatic heterocycles. The minimum atomic E-state index is -0.865. The summed E-state index contributed by atoms with van der Waals surface area (Å²) in [5.41, 5.74) is 2.37. The van der Waals surface area contributed by atoms with E-state index >= 15 is 0 Å². The quantitative estimate of drug-likeness (QED) is 0.694. The van der Waals surface area contributed by atoms with Crippen LogP contribution in [0.5, 0.6) is 0 Å². The molecule has 6 heteroatoms. The summed E-state index contributed by atoms with van der Waals surface area (Å²) in [5, 5.41) is 13.8. The number of anilines is 1. The Hall–Kier alpha value is -2.11. The van der Waals surface area contributed by atoms with E-state index in [0.717, 1.165) is 11.3 Å². The zero-order valence-electron chi connectivity index (χ0n) is 10.5. The third kappa shape index (κ3) is 4.40. The van der Waals surface area contributed by atoms with Crippen LogP contribution in [0.4, 0.5) is 10.5 Å². The van der Waals surface area contributed by atoms with Crippen molar-refractivity contribution in [3.8, 4) is 0 Å². The van der Waals surface area contributed by atoms with E-state index in [4.69, 9.17) is 5.11 Å². The number of carbonyl (C=O) groups is 2. The molecular weight excluding hydrogens is 234 g/mol. The minimum Gasteiger partial charge on any atom is -0.481 e. The Labute approximate surface area is 105 Å². The monoisotopic (exact) mass is 251 g/mol. The van der Waals surface area contributed by atoms with E-state index in [9.17, 15) is 9.59 Å². The fourth-order valence-electron chi connectivity index (χ4n) is 1.48. The molecule has 1 heterocycles. The molecule has 0 bridgehead atoms. The lowest BCUT2D eigenvalue weighted by atomic mass is 10.2. The van der Waals surface area contributed by atoms with Crippen LogP contribution in [-0.4, -0.2) is 28.6 Å². The predicted octanol–water partition coefficient (Wildman–Crippen LogP) is 1.68. The van der Waals surface area contributed by atoms with Crippen LogP contribution in [0.3, 0.4) is 0 Å². The Morgan fingerprint density at radius 3 is 2.72 bits per heavy atom. The molecule has 2 amide bonds. The van der Waals surface area contributed by atoms with Gasteiger partial charge >= 0.3 is 12.0 Å². The average Bonchev–Trinajstić information content (AvgIpc) is 2.29. The molecule has 0 spiro atoms. The maximum absolute atomic E-state index is 11.6. The van der Waals surface area contributed by atoms with Crippen LogP contribution in [0.1, 0.15) is 24.1 Å². The highest BCUT2D eigenvalue weighted by Crippen LogP contribution is 2.16. The molecule has 3 N–H and O–H groups in total. The lowest BCUT2D eigenvalue weighted by Crippen LogP contribution is -2.30. The van der Waals surface area contributed by atoms with Crippen LogP contribution < -0.4 is 10.6 Å². The lowest BCUT2D eigenvalue weighted by molar-refractivity contribution is -0.137. The molecular formula is C12H17N3O3. The maximum Gasteiger partial charge on any atom is 0.319 e. The predicted molar refractivity (Wildman–Crippen MR) is 67.6 cm³/mol. The Kier molecular flexibility index (Phi) is 5.10. The van der Waals surface area contributed by atoms with Gasteiger partial charge in [0.15, 0.2) is 0 Å². The summed E-state index contributed by atoms with van der Waals surface area (Å²) in [4.78, 5) is 25.9. The molecule has 0 fully saturated rings. The van der Waals surface area contributed by atoms with E-state index < -0.39 is 5.97 Å². The number of aliphatic carboxylic acids is 1. The van der Waals surface area contributed by atoms with Crippen LogP contribution >= 0.6 is 0 Å². The Balaban J connectivity index is 2.43. The number of carboxylic acid groups (broad SMARTS) is 1. The Bertz CT molecular complexity index is 426. The minimum absolute atomic E-state index is 0.0469. The van der Waals surface area contributed by atoms with E-state index in [1.807, 2.05) is 19.9 Å². The summed E-state index contributed by atoms with van der Waals surface area (Å²) in [5.74, 6) is -0.865. The zero-order valence-corrected chi connectivity index (χ0v) is 10.5. The Morgan fingerprint density at radius 2 is 2.11 bits per heavy atom. The second kappa shape index (κ2) is 6.58. The van der Waals surface area contributed by atoms with Gasteiger partial charge in [0.05, 0.1) is 11.4 Å². The number of carboxylic acids is 1. The van der Waals surface area contributed by atoms with Gasteiger partial charge in [-0.3, -0.25) is 9.78 Å². The van der Waals surface area contributed by atoms with Gasteiger partial charge in [-0.25, -0.2) is 4.79 Å². The summed E-state index contributed by atoms with van der Waals surface area (Å²) in [6.45, 7) is 4.03. The number of nitrogens with one attached hydrogen (secondary N) is 2. The topological polar surface area (TPSA) is 91.3 Å². The molecule has 0 saturated carbocycles. The molecule has 1 aromatic rings. The van der Waals surface area contributed by atoms with Gasteiger partial charge in [0.2, 0.25) is 0 Å². The molecule has 1 rings (SSSR count). The summed E-state index contributed by atoms with van der Waals surface area (Å²) in [6, 6.07) is 1.46. The number of nitrogens with zero attached hydrogens (tertiary/aromatic N) is 1. The summed E-state index contributed by atoms with van der Waals surface area (Å²) in [6.07, 6.45) is 2.14. The lowest BCUT2D eigenvalue weighted by Gasteiger charge is -2.11. The van der Waals surface area contributed by atoms with Gasteiger partial charge in [0.1, 0.15) is 0 Å². The van der Waals surface area contributed by atoms with Crippen LogP contribution in [0.25, 0.3) is 0 Å². The number of carbonyl (C=O) groups excluding carboxylic acids is 1. The number of aromatic nitrogens is 1. The van der Waals surface area contributed by atoms with Gasteiger partial charge in [-0.15, -0.1) is 0 Å². The molecule has 0 aromatic carbocycles.